The molecule has 0 aliphatic rings. The van der Waals surface area contributed by atoms with Crippen molar-refractivity contribution in [1.29, 1.82) is 0 Å². The number of pyridine rings is 1. The molecule has 1 heterocycles. The minimum Gasteiger partial charge on any atom is -0.495 e. The molecule has 0 aliphatic heterocycles. The highest BCUT2D eigenvalue weighted by molar-refractivity contribution is 5.38. The maximum Gasteiger partial charge on any atom is 0.137 e. The van der Waals surface area contributed by atoms with Crippen molar-refractivity contribution in [2.24, 2.45) is 0 Å². The van der Waals surface area contributed by atoms with Gasteiger partial charge in [-0.3, -0.25) is 4.98 Å². The number of nitrogens with one attached hydrogen (secondary N) is 1. The quantitative estimate of drug-likeness (QED) is 0.872. The van der Waals surface area contributed by atoms with E-state index in [1.807, 2.05) is 12.3 Å². The summed E-state index contributed by atoms with van der Waals surface area (Å²) in [5.41, 5.74) is 3.70. The molecule has 20 heavy (non-hydrogen) atoms. The van der Waals surface area contributed by atoms with Crippen LogP contribution in [-0.2, 0) is 0 Å². The lowest BCUT2D eigenvalue weighted by molar-refractivity contribution is 0.411. The summed E-state index contributed by atoms with van der Waals surface area (Å²) < 4.78 is 5.29. The second-order valence-corrected chi connectivity index (χ2v) is 4.90. The van der Waals surface area contributed by atoms with Crippen LogP contribution in [0, 0.1) is 6.92 Å². The van der Waals surface area contributed by atoms with Crippen molar-refractivity contribution in [2.75, 3.05) is 13.7 Å². The largest absolute Gasteiger partial charge is 0.495 e. The molecule has 0 aliphatic carbocycles. The molecule has 0 amide bonds. The van der Waals surface area contributed by atoms with Gasteiger partial charge in [-0.25, -0.2) is 0 Å². The van der Waals surface area contributed by atoms with Crippen molar-refractivity contribution in [2.45, 2.75) is 26.3 Å². The van der Waals surface area contributed by atoms with E-state index in [2.05, 4.69) is 48.4 Å². The van der Waals surface area contributed by atoms with Crippen LogP contribution in [0.15, 0.2) is 42.7 Å². The molecular weight excluding hydrogens is 248 g/mol. The van der Waals surface area contributed by atoms with Crippen LogP contribution in [0.1, 0.15) is 36.1 Å². The smallest absolute Gasteiger partial charge is 0.137 e. The summed E-state index contributed by atoms with van der Waals surface area (Å²) >= 11 is 0. The zero-order valence-electron chi connectivity index (χ0n) is 12.4. The number of ether oxygens (including phenoxy) is 1. The first-order chi connectivity index (χ1) is 9.76. The van der Waals surface area contributed by atoms with Crippen molar-refractivity contribution in [1.82, 2.24) is 10.3 Å². The van der Waals surface area contributed by atoms with Gasteiger partial charge in [0.2, 0.25) is 0 Å². The molecular formula is C17H22N2O. The standard InChI is InChI=1S/C17H22N2O/c1-4-9-19-17(16-8-6-5-7-13(16)2)14-10-15(20-3)12-18-11-14/h5-8,10-12,17,19H,4,9H2,1-3H3. The van der Waals surface area contributed by atoms with Crippen molar-refractivity contribution in [3.63, 3.8) is 0 Å². The van der Waals surface area contributed by atoms with E-state index in [0.717, 1.165) is 24.3 Å². The number of hydrogen-bond donors (Lipinski definition) is 1. The van der Waals surface area contributed by atoms with Crippen molar-refractivity contribution >= 4 is 0 Å². The molecule has 0 spiro atoms. The Morgan fingerprint density at radius 1 is 1.25 bits per heavy atom. The third kappa shape index (κ3) is 3.36. The Kier molecular flexibility index (Phi) is 5.13. The molecule has 1 unspecified atom stereocenters. The molecule has 1 N–H and O–H groups in total. The van der Waals surface area contributed by atoms with Crippen LogP contribution < -0.4 is 10.1 Å². The van der Waals surface area contributed by atoms with Crippen LogP contribution in [0.25, 0.3) is 0 Å². The Hall–Kier alpha value is -1.87. The van der Waals surface area contributed by atoms with Crippen LogP contribution in [-0.4, -0.2) is 18.6 Å². The summed E-state index contributed by atoms with van der Waals surface area (Å²) in [6.45, 7) is 5.28. The number of aryl methyl sites for hydroxylation is 1. The van der Waals surface area contributed by atoms with Gasteiger partial charge in [0.05, 0.1) is 19.3 Å². The Morgan fingerprint density at radius 2 is 2.05 bits per heavy atom. The number of nitrogens with zero attached hydrogens (tertiary/aromatic N) is 1. The molecule has 0 radical (unpaired) electrons. The van der Waals surface area contributed by atoms with Gasteiger partial charge in [0, 0.05) is 6.20 Å². The number of rotatable bonds is 6. The van der Waals surface area contributed by atoms with E-state index in [-0.39, 0.29) is 6.04 Å². The van der Waals surface area contributed by atoms with Crippen LogP contribution in [0.5, 0.6) is 5.75 Å². The van der Waals surface area contributed by atoms with E-state index < -0.39 is 0 Å². The van der Waals surface area contributed by atoms with E-state index in [1.165, 1.54) is 11.1 Å². The van der Waals surface area contributed by atoms with E-state index >= 15 is 0 Å². The molecule has 1 aromatic carbocycles. The minimum atomic E-state index is 0.152. The molecule has 3 nitrogen and oxygen atoms in total. The number of hydrogen-bond acceptors (Lipinski definition) is 3. The van der Waals surface area contributed by atoms with Crippen molar-refractivity contribution < 1.29 is 4.74 Å². The number of benzene rings is 1. The maximum atomic E-state index is 5.29. The second kappa shape index (κ2) is 7.06. The first-order valence-corrected chi connectivity index (χ1v) is 7.04. The highest BCUT2D eigenvalue weighted by Gasteiger charge is 2.16. The van der Waals surface area contributed by atoms with Gasteiger partial charge in [-0.15, -0.1) is 0 Å². The topological polar surface area (TPSA) is 34.2 Å². The van der Waals surface area contributed by atoms with Gasteiger partial charge < -0.3 is 10.1 Å². The zero-order valence-corrected chi connectivity index (χ0v) is 12.4. The molecule has 0 saturated heterocycles. The zero-order chi connectivity index (χ0) is 14.4. The molecule has 1 aromatic heterocycles. The SMILES string of the molecule is CCCNC(c1cncc(OC)c1)c1ccccc1C. The van der Waals surface area contributed by atoms with Gasteiger partial charge in [-0.1, -0.05) is 31.2 Å². The summed E-state index contributed by atoms with van der Waals surface area (Å²) in [5, 5.41) is 3.60. The van der Waals surface area contributed by atoms with E-state index in [0.29, 0.717) is 0 Å². The molecule has 2 rings (SSSR count). The van der Waals surface area contributed by atoms with Gasteiger partial charge in [0.1, 0.15) is 5.75 Å². The lowest BCUT2D eigenvalue weighted by Crippen LogP contribution is -2.24. The molecule has 1 atom stereocenters. The average molecular weight is 270 g/mol. The summed E-state index contributed by atoms with van der Waals surface area (Å²) in [7, 11) is 1.67. The molecule has 3 heteroatoms. The first kappa shape index (κ1) is 14.5. The van der Waals surface area contributed by atoms with Crippen LogP contribution in [0.4, 0.5) is 0 Å². The van der Waals surface area contributed by atoms with Gasteiger partial charge in [-0.2, -0.15) is 0 Å². The Bertz CT molecular complexity index is 554. The monoisotopic (exact) mass is 270 g/mol. The highest BCUT2D eigenvalue weighted by Crippen LogP contribution is 2.26. The molecule has 106 valence electrons. The minimum absolute atomic E-state index is 0.152. The predicted molar refractivity (Wildman–Crippen MR) is 82.1 cm³/mol. The fraction of sp³-hybridized carbons (Fsp3) is 0.353. The normalized spacial score (nSPS) is 12.2. The van der Waals surface area contributed by atoms with E-state index in [9.17, 15) is 0 Å². The number of methoxy groups -OCH3 is 1. The second-order valence-electron chi connectivity index (χ2n) is 4.90. The van der Waals surface area contributed by atoms with Crippen molar-refractivity contribution in [3.8, 4) is 5.75 Å². The van der Waals surface area contributed by atoms with Gasteiger partial charge in [-0.05, 0) is 42.6 Å². The van der Waals surface area contributed by atoms with Crippen molar-refractivity contribution in [3.05, 3.63) is 59.4 Å². The fourth-order valence-corrected chi connectivity index (χ4v) is 2.31. The molecule has 0 fully saturated rings. The predicted octanol–water partition coefficient (Wildman–Crippen LogP) is 3.49. The lowest BCUT2D eigenvalue weighted by Gasteiger charge is -2.21. The summed E-state index contributed by atoms with van der Waals surface area (Å²) in [4.78, 5) is 4.27. The van der Waals surface area contributed by atoms with Gasteiger partial charge >= 0.3 is 0 Å². The van der Waals surface area contributed by atoms with Crippen LogP contribution in [0.2, 0.25) is 0 Å². The summed E-state index contributed by atoms with van der Waals surface area (Å²) in [6, 6.07) is 10.7. The Balaban J connectivity index is 2.38. The molecule has 0 bridgehead atoms. The van der Waals surface area contributed by atoms with Gasteiger partial charge in [0.15, 0.2) is 0 Å². The van der Waals surface area contributed by atoms with Gasteiger partial charge in [0.25, 0.3) is 0 Å². The third-order valence-corrected chi connectivity index (χ3v) is 3.40. The Morgan fingerprint density at radius 3 is 2.75 bits per heavy atom. The summed E-state index contributed by atoms with van der Waals surface area (Å²) in [5.74, 6) is 0.791. The number of aromatic nitrogens is 1. The Labute approximate surface area is 121 Å². The molecule has 2 aromatic rings. The average Bonchev–Trinajstić information content (AvgIpc) is 2.49. The van der Waals surface area contributed by atoms with Crippen LogP contribution in [0.3, 0.4) is 0 Å². The molecule has 0 saturated carbocycles. The van der Waals surface area contributed by atoms with E-state index in [1.54, 1.807) is 13.3 Å². The summed E-state index contributed by atoms with van der Waals surface area (Å²) in [6.07, 6.45) is 4.74. The maximum absolute atomic E-state index is 5.29. The fourth-order valence-electron chi connectivity index (χ4n) is 2.31. The van der Waals surface area contributed by atoms with E-state index in [4.69, 9.17) is 4.74 Å². The highest BCUT2D eigenvalue weighted by atomic mass is 16.5. The lowest BCUT2D eigenvalue weighted by atomic mass is 9.96. The third-order valence-electron chi connectivity index (χ3n) is 3.40. The van der Waals surface area contributed by atoms with Crippen LogP contribution >= 0.6 is 0 Å². The first-order valence-electron chi connectivity index (χ1n) is 7.04.